The van der Waals surface area contributed by atoms with Crippen LogP contribution >= 0.6 is 11.6 Å². The first kappa shape index (κ1) is 28.1. The number of halogens is 1. The second-order valence-corrected chi connectivity index (χ2v) is 12.4. The van der Waals surface area contributed by atoms with E-state index >= 15 is 0 Å². The first-order valence-electron chi connectivity index (χ1n) is 13.2. The molecule has 1 aliphatic carbocycles. The standard InChI is InChI=1S/C29H33ClN6O3S/c1-18-15-25-19(17-31-29(33-25)32-20-9-11-21(12-10-20)36(2)3)16-23(18)22-13-14-27(34-28(22)39-4)35-40(37,38)26-8-6-5-7-24(26)30/h5-8,13-17,20-21H,9-12H2,1-4H3,(H,34,35)(H,31,32,33)/t20-,21-. The van der Waals surface area contributed by atoms with Gasteiger partial charge in [-0.1, -0.05) is 23.7 Å². The number of sulfonamides is 1. The van der Waals surface area contributed by atoms with Gasteiger partial charge in [0.05, 0.1) is 17.6 Å². The van der Waals surface area contributed by atoms with Crippen LogP contribution in [0.4, 0.5) is 11.8 Å². The summed E-state index contributed by atoms with van der Waals surface area (Å²) in [6.45, 7) is 2.00. The van der Waals surface area contributed by atoms with Crippen molar-refractivity contribution in [3.63, 3.8) is 0 Å². The second kappa shape index (κ2) is 11.6. The van der Waals surface area contributed by atoms with Crippen LogP contribution in [0.25, 0.3) is 22.0 Å². The monoisotopic (exact) mass is 580 g/mol. The summed E-state index contributed by atoms with van der Waals surface area (Å²) in [7, 11) is 1.86. The molecule has 2 aromatic heterocycles. The average Bonchev–Trinajstić information content (AvgIpc) is 2.93. The quantitative estimate of drug-likeness (QED) is 0.271. The second-order valence-electron chi connectivity index (χ2n) is 10.3. The van der Waals surface area contributed by atoms with E-state index in [2.05, 4.69) is 39.0 Å². The molecule has 0 spiro atoms. The Balaban J connectivity index is 1.37. The summed E-state index contributed by atoms with van der Waals surface area (Å²) < 4.78 is 33.8. The van der Waals surface area contributed by atoms with Gasteiger partial charge in [-0.2, -0.15) is 4.98 Å². The van der Waals surface area contributed by atoms with Crippen LogP contribution in [0, 0.1) is 6.92 Å². The maximum Gasteiger partial charge on any atom is 0.264 e. The van der Waals surface area contributed by atoms with E-state index in [1.807, 2.05) is 25.3 Å². The van der Waals surface area contributed by atoms with Crippen molar-refractivity contribution in [3.05, 3.63) is 65.3 Å². The Kier molecular flexibility index (Phi) is 8.11. The van der Waals surface area contributed by atoms with E-state index in [0.717, 1.165) is 53.3 Å². The predicted octanol–water partition coefficient (Wildman–Crippen LogP) is 5.75. The van der Waals surface area contributed by atoms with Gasteiger partial charge in [-0.25, -0.2) is 18.4 Å². The number of benzene rings is 2. The van der Waals surface area contributed by atoms with Gasteiger partial charge in [0.25, 0.3) is 10.0 Å². The minimum Gasteiger partial charge on any atom is -0.480 e. The Morgan fingerprint density at radius 3 is 2.45 bits per heavy atom. The molecule has 4 aromatic rings. The molecule has 9 nitrogen and oxygen atoms in total. The number of nitrogens with one attached hydrogen (secondary N) is 2. The molecule has 1 aliphatic rings. The molecule has 11 heteroatoms. The van der Waals surface area contributed by atoms with Crippen molar-refractivity contribution < 1.29 is 13.2 Å². The van der Waals surface area contributed by atoms with E-state index in [1.54, 1.807) is 24.3 Å². The van der Waals surface area contributed by atoms with Crippen molar-refractivity contribution in [2.24, 2.45) is 0 Å². The molecule has 0 atom stereocenters. The summed E-state index contributed by atoms with van der Waals surface area (Å²) >= 11 is 6.10. The number of pyridine rings is 1. The highest BCUT2D eigenvalue weighted by molar-refractivity contribution is 7.92. The maximum atomic E-state index is 12.9. The van der Waals surface area contributed by atoms with Gasteiger partial charge in [-0.3, -0.25) is 4.72 Å². The molecule has 0 radical (unpaired) electrons. The zero-order valence-electron chi connectivity index (χ0n) is 23.0. The number of ether oxygens (including phenoxy) is 1. The molecular formula is C29H33ClN6O3S. The fraction of sp³-hybridized carbons (Fsp3) is 0.345. The summed E-state index contributed by atoms with van der Waals surface area (Å²) in [4.78, 5) is 16.1. The van der Waals surface area contributed by atoms with E-state index in [-0.39, 0.29) is 21.6 Å². The molecule has 1 fully saturated rings. The zero-order chi connectivity index (χ0) is 28.4. The SMILES string of the molecule is COc1nc(NS(=O)(=O)c2ccccc2Cl)ccc1-c1cc2cnc(N[C@H]3CC[C@H](N(C)C)CC3)nc2cc1C. The maximum absolute atomic E-state index is 12.9. The van der Waals surface area contributed by atoms with Crippen molar-refractivity contribution in [1.82, 2.24) is 19.9 Å². The molecule has 2 aromatic carbocycles. The Morgan fingerprint density at radius 2 is 1.75 bits per heavy atom. The molecule has 40 heavy (non-hydrogen) atoms. The molecular weight excluding hydrogens is 548 g/mol. The lowest BCUT2D eigenvalue weighted by molar-refractivity contribution is 0.221. The molecule has 0 amide bonds. The zero-order valence-corrected chi connectivity index (χ0v) is 24.6. The van der Waals surface area contributed by atoms with Crippen molar-refractivity contribution in [2.75, 3.05) is 31.2 Å². The number of rotatable bonds is 8. The van der Waals surface area contributed by atoms with Gasteiger partial charge in [0.15, 0.2) is 0 Å². The highest BCUT2D eigenvalue weighted by Gasteiger charge is 2.23. The van der Waals surface area contributed by atoms with Gasteiger partial charge in [0, 0.05) is 29.2 Å². The fourth-order valence-corrected chi connectivity index (χ4v) is 6.70. The smallest absolute Gasteiger partial charge is 0.264 e. The van der Waals surface area contributed by atoms with Crippen molar-refractivity contribution >= 4 is 44.3 Å². The van der Waals surface area contributed by atoms with Gasteiger partial charge in [0.1, 0.15) is 10.7 Å². The Labute approximate surface area is 240 Å². The third-order valence-corrected chi connectivity index (χ3v) is 9.25. The van der Waals surface area contributed by atoms with Crippen LogP contribution in [0.3, 0.4) is 0 Å². The molecule has 2 heterocycles. The van der Waals surface area contributed by atoms with Crippen molar-refractivity contribution in [2.45, 2.75) is 49.6 Å². The van der Waals surface area contributed by atoms with Gasteiger partial charge in [-0.15, -0.1) is 0 Å². The molecule has 0 bridgehead atoms. The third-order valence-electron chi connectivity index (χ3n) is 7.40. The van der Waals surface area contributed by atoms with E-state index in [9.17, 15) is 8.42 Å². The van der Waals surface area contributed by atoms with Crippen LogP contribution in [0.2, 0.25) is 5.02 Å². The van der Waals surface area contributed by atoms with Crippen LogP contribution in [-0.2, 0) is 10.0 Å². The number of hydrogen-bond acceptors (Lipinski definition) is 8. The van der Waals surface area contributed by atoms with Crippen LogP contribution in [0.1, 0.15) is 31.2 Å². The van der Waals surface area contributed by atoms with Gasteiger partial charge in [0.2, 0.25) is 11.8 Å². The molecule has 2 N–H and O–H groups in total. The molecule has 0 saturated heterocycles. The normalized spacial score (nSPS) is 17.6. The molecule has 5 rings (SSSR count). The third kappa shape index (κ3) is 5.99. The van der Waals surface area contributed by atoms with Gasteiger partial charge >= 0.3 is 0 Å². The molecule has 0 aliphatic heterocycles. The topological polar surface area (TPSA) is 109 Å². The van der Waals surface area contributed by atoms with Crippen LogP contribution in [0.5, 0.6) is 5.88 Å². The predicted molar refractivity (Wildman–Crippen MR) is 160 cm³/mol. The molecule has 210 valence electrons. The number of fused-ring (bicyclic) bond motifs is 1. The van der Waals surface area contributed by atoms with Crippen molar-refractivity contribution in [1.29, 1.82) is 0 Å². The van der Waals surface area contributed by atoms with Crippen LogP contribution < -0.4 is 14.8 Å². The summed E-state index contributed by atoms with van der Waals surface area (Å²) in [5.74, 6) is 1.05. The average molecular weight is 581 g/mol. The number of aromatic nitrogens is 3. The van der Waals surface area contributed by atoms with Crippen molar-refractivity contribution in [3.8, 4) is 17.0 Å². The number of anilines is 2. The Morgan fingerprint density at radius 1 is 1.00 bits per heavy atom. The van der Waals surface area contributed by atoms with Crippen LogP contribution in [-0.4, -0.2) is 61.6 Å². The molecule has 0 unspecified atom stereocenters. The minimum atomic E-state index is -3.93. The largest absolute Gasteiger partial charge is 0.480 e. The summed E-state index contributed by atoms with van der Waals surface area (Å²) in [6, 6.07) is 14.7. The van der Waals surface area contributed by atoms with E-state index < -0.39 is 10.0 Å². The summed E-state index contributed by atoms with van der Waals surface area (Å²) in [5, 5.41) is 4.53. The molecule has 1 saturated carbocycles. The van der Waals surface area contributed by atoms with Gasteiger partial charge < -0.3 is 15.0 Å². The number of methoxy groups -OCH3 is 1. The lowest BCUT2D eigenvalue weighted by atomic mass is 9.90. The van der Waals surface area contributed by atoms with Gasteiger partial charge in [-0.05, 0) is 94.2 Å². The number of nitrogens with zero attached hydrogens (tertiary/aromatic N) is 4. The highest BCUT2D eigenvalue weighted by atomic mass is 35.5. The first-order chi connectivity index (χ1) is 19.1. The fourth-order valence-electron chi connectivity index (χ4n) is 5.18. The van der Waals surface area contributed by atoms with Crippen LogP contribution in [0.15, 0.2) is 59.6 Å². The highest BCUT2D eigenvalue weighted by Crippen LogP contribution is 2.35. The van der Waals surface area contributed by atoms with E-state index in [1.165, 1.54) is 19.2 Å². The lowest BCUT2D eigenvalue weighted by Crippen LogP contribution is -2.36. The van der Waals surface area contributed by atoms with E-state index in [0.29, 0.717) is 18.0 Å². The first-order valence-corrected chi connectivity index (χ1v) is 15.0. The summed E-state index contributed by atoms with van der Waals surface area (Å²) in [6.07, 6.45) is 6.35. The summed E-state index contributed by atoms with van der Waals surface area (Å²) in [5.41, 5.74) is 3.44. The Hall–Kier alpha value is -3.47. The number of hydrogen-bond donors (Lipinski definition) is 2. The minimum absolute atomic E-state index is 0.0259. The van der Waals surface area contributed by atoms with E-state index in [4.69, 9.17) is 21.3 Å². The lowest BCUT2D eigenvalue weighted by Gasteiger charge is -2.32. The number of aryl methyl sites for hydroxylation is 1. The Bertz CT molecular complexity index is 1640.